The molecule has 0 heterocycles. The molecule has 0 fully saturated rings. The second-order valence-corrected chi connectivity index (χ2v) is 0.781. The number of hydrogen-bond acceptors (Lipinski definition) is 1. The van der Waals surface area contributed by atoms with Crippen LogP contribution in [0, 0.1) is 0 Å². The Kier molecular flexibility index (Phi) is 16.3. The Morgan fingerprint density at radius 3 is 1.50 bits per heavy atom. The fraction of sp³-hybridized carbons (Fsp3) is 1.00. The van der Waals surface area contributed by atoms with E-state index in [0.29, 0.717) is 0 Å². The zero-order valence-corrected chi connectivity index (χ0v) is 6.74. The summed E-state index contributed by atoms with van der Waals surface area (Å²) >= 11 is 0. The van der Waals surface area contributed by atoms with Crippen molar-refractivity contribution < 1.29 is 4.74 Å². The van der Waals surface area contributed by atoms with Crippen molar-refractivity contribution in [3.05, 3.63) is 0 Å². The van der Waals surface area contributed by atoms with Gasteiger partial charge in [0.2, 0.25) is 0 Å². The van der Waals surface area contributed by atoms with Gasteiger partial charge in [-0.15, -0.1) is 0 Å². The molecule has 0 saturated carbocycles. The number of hydrogen-bond donors (Lipinski definition) is 0. The Bertz CT molecular complexity index is 15.0. The third-order valence-electron chi connectivity index (χ3n) is 0.408. The van der Waals surface area contributed by atoms with Gasteiger partial charge in [-0.2, -0.15) is 0 Å². The van der Waals surface area contributed by atoms with Crippen LogP contribution in [-0.2, 0) is 4.74 Å². The molecule has 0 aromatic heterocycles. The van der Waals surface area contributed by atoms with Crippen molar-refractivity contribution in [2.45, 2.75) is 13.8 Å². The minimum absolute atomic E-state index is 0. The minimum Gasteiger partial charge on any atom is -0.382 e. The van der Waals surface area contributed by atoms with Crippen LogP contribution in [-0.4, -0.2) is 51.0 Å². The van der Waals surface area contributed by atoms with Crippen molar-refractivity contribution in [2.24, 2.45) is 0 Å². The first-order chi connectivity index (χ1) is 2.41. The summed E-state index contributed by atoms with van der Waals surface area (Å²) in [6, 6.07) is 0. The molecule has 0 aliphatic rings. The van der Waals surface area contributed by atoms with Crippen molar-refractivity contribution in [3.8, 4) is 0 Å². The summed E-state index contributed by atoms with van der Waals surface area (Å²) in [5.41, 5.74) is 0. The van der Waals surface area contributed by atoms with E-state index >= 15 is 0 Å². The minimum atomic E-state index is 0. The van der Waals surface area contributed by atoms with E-state index in [9.17, 15) is 0 Å². The molecule has 0 aromatic rings. The fourth-order valence-corrected chi connectivity index (χ4v) is 0.204. The molecule has 0 spiro atoms. The van der Waals surface area contributed by atoms with Crippen molar-refractivity contribution in [1.82, 2.24) is 0 Å². The van der Waals surface area contributed by atoms with Gasteiger partial charge in [-0.05, 0) is 13.8 Å². The summed E-state index contributed by atoms with van der Waals surface area (Å²) < 4.78 is 4.83. The van der Waals surface area contributed by atoms with Crippen LogP contribution in [0.25, 0.3) is 0 Å². The molecule has 2 heteroatoms. The van der Waals surface area contributed by atoms with Crippen LogP contribution in [0.4, 0.5) is 0 Å². The van der Waals surface area contributed by atoms with Gasteiger partial charge in [-0.3, -0.25) is 0 Å². The summed E-state index contributed by atoms with van der Waals surface area (Å²) in [6.45, 7) is 5.67. The van der Waals surface area contributed by atoms with E-state index in [1.807, 2.05) is 13.8 Å². The molecule has 1 nitrogen and oxygen atoms in total. The molecule has 0 N–H and O–H groups in total. The second-order valence-electron chi connectivity index (χ2n) is 0.781. The molecule has 6 heavy (non-hydrogen) atoms. The molecule has 0 aliphatic carbocycles. The average Bonchev–Trinajstić information content (AvgIpc) is 1.41. The van der Waals surface area contributed by atoms with Crippen LogP contribution in [0.1, 0.15) is 13.8 Å². The van der Waals surface area contributed by atoms with E-state index in [4.69, 9.17) is 4.74 Å². The van der Waals surface area contributed by atoms with E-state index in [-0.39, 0.29) is 37.7 Å². The maximum atomic E-state index is 4.83. The van der Waals surface area contributed by atoms with E-state index in [1.54, 1.807) is 0 Å². The number of ether oxygens (including phenoxy) is 1. The maximum absolute atomic E-state index is 4.83. The van der Waals surface area contributed by atoms with Gasteiger partial charge in [0.25, 0.3) is 0 Å². The maximum Gasteiger partial charge on any atom is 2.00 e. The van der Waals surface area contributed by atoms with Gasteiger partial charge >= 0.3 is 37.7 Å². The zero-order valence-electron chi connectivity index (χ0n) is 4.53. The quantitative estimate of drug-likeness (QED) is 0.479. The first-order valence-electron chi connectivity index (χ1n) is 1.99. The van der Waals surface area contributed by atoms with Gasteiger partial charge in [-0.25, -0.2) is 0 Å². The van der Waals surface area contributed by atoms with Crippen molar-refractivity contribution >= 4 is 37.7 Å². The molecule has 0 saturated heterocycles. The monoisotopic (exact) mass is 114 g/mol. The molecular formula is C4H10CaO+2. The predicted octanol–water partition coefficient (Wildman–Crippen LogP) is 0.662. The van der Waals surface area contributed by atoms with Crippen LogP contribution >= 0.6 is 0 Å². The van der Waals surface area contributed by atoms with Gasteiger partial charge in [0.1, 0.15) is 0 Å². The topological polar surface area (TPSA) is 9.23 Å². The third kappa shape index (κ3) is 8.97. The summed E-state index contributed by atoms with van der Waals surface area (Å²) in [5.74, 6) is 0. The Hall–Kier alpha value is 1.22. The third-order valence-corrected chi connectivity index (χ3v) is 0.408. The van der Waals surface area contributed by atoms with Gasteiger partial charge < -0.3 is 4.74 Å². The van der Waals surface area contributed by atoms with Crippen LogP contribution in [0.5, 0.6) is 0 Å². The van der Waals surface area contributed by atoms with E-state index < -0.39 is 0 Å². The molecule has 32 valence electrons. The van der Waals surface area contributed by atoms with Crippen LogP contribution in [0.2, 0.25) is 0 Å². The van der Waals surface area contributed by atoms with Gasteiger partial charge in [0.05, 0.1) is 0 Å². The molecule has 0 aliphatic heterocycles. The molecule has 0 aromatic carbocycles. The van der Waals surface area contributed by atoms with E-state index in [2.05, 4.69) is 0 Å². The molecule has 0 atom stereocenters. The smallest absolute Gasteiger partial charge is 0.382 e. The van der Waals surface area contributed by atoms with E-state index in [0.717, 1.165) is 13.2 Å². The van der Waals surface area contributed by atoms with Crippen molar-refractivity contribution in [1.29, 1.82) is 0 Å². The van der Waals surface area contributed by atoms with Crippen molar-refractivity contribution in [3.63, 3.8) is 0 Å². The molecule has 0 radical (unpaired) electrons. The van der Waals surface area contributed by atoms with Gasteiger partial charge in [-0.1, -0.05) is 0 Å². The summed E-state index contributed by atoms with van der Waals surface area (Å²) in [4.78, 5) is 0. The fourth-order valence-electron chi connectivity index (χ4n) is 0.204. The Balaban J connectivity index is 0. The van der Waals surface area contributed by atoms with E-state index in [1.165, 1.54) is 0 Å². The molecule has 0 amide bonds. The van der Waals surface area contributed by atoms with Crippen molar-refractivity contribution in [2.75, 3.05) is 13.2 Å². The predicted molar refractivity (Wildman–Crippen MR) is 27.9 cm³/mol. The van der Waals surface area contributed by atoms with Crippen LogP contribution in [0.15, 0.2) is 0 Å². The Morgan fingerprint density at radius 1 is 1.17 bits per heavy atom. The molecular weight excluding hydrogens is 104 g/mol. The number of rotatable bonds is 2. The first-order valence-corrected chi connectivity index (χ1v) is 1.99. The standard InChI is InChI=1S/C4H10O.Ca/c1-3-5-4-2;/h3-4H2,1-2H3;/q;+2. The SMILES string of the molecule is CCOCC.[Ca+2]. The molecule has 0 rings (SSSR count). The Morgan fingerprint density at radius 2 is 1.50 bits per heavy atom. The largest absolute Gasteiger partial charge is 2.00 e. The molecule has 0 bridgehead atoms. The Labute approximate surface area is 69.1 Å². The second kappa shape index (κ2) is 9.52. The summed E-state index contributed by atoms with van der Waals surface area (Å²) in [5, 5.41) is 0. The van der Waals surface area contributed by atoms with Gasteiger partial charge in [0, 0.05) is 13.2 Å². The molecule has 0 unspecified atom stereocenters. The van der Waals surface area contributed by atoms with Gasteiger partial charge in [0.15, 0.2) is 0 Å². The summed E-state index contributed by atoms with van der Waals surface area (Å²) in [7, 11) is 0. The normalized spacial score (nSPS) is 7.00. The average molecular weight is 114 g/mol. The summed E-state index contributed by atoms with van der Waals surface area (Å²) in [6.07, 6.45) is 0. The van der Waals surface area contributed by atoms with Crippen LogP contribution < -0.4 is 0 Å². The first kappa shape index (κ1) is 10.3. The zero-order chi connectivity index (χ0) is 4.12. The van der Waals surface area contributed by atoms with Crippen LogP contribution in [0.3, 0.4) is 0 Å².